The number of hydrogen-bond acceptors (Lipinski definition) is 6. The Bertz CT molecular complexity index is 916. The SMILES string of the molecule is CCCC[C@H](CC)CNC(=O)CN1C(=O)CSc2ccc(S(=O)(=O)N3CCOCC3)cc21. The second-order valence-electron chi connectivity index (χ2n) is 8.14. The fourth-order valence-electron chi connectivity index (χ4n) is 3.85. The van der Waals surface area contributed by atoms with E-state index in [9.17, 15) is 18.0 Å². The van der Waals surface area contributed by atoms with E-state index < -0.39 is 10.0 Å². The first kappa shape index (κ1) is 25.0. The first-order valence-corrected chi connectivity index (χ1v) is 13.7. The molecule has 2 aliphatic heterocycles. The number of hydrogen-bond donors (Lipinski definition) is 1. The van der Waals surface area contributed by atoms with Gasteiger partial charge in [-0.1, -0.05) is 33.1 Å². The lowest BCUT2D eigenvalue weighted by molar-refractivity contribution is -0.123. The number of sulfonamides is 1. The van der Waals surface area contributed by atoms with Crippen LogP contribution >= 0.6 is 11.8 Å². The Hall–Kier alpha value is -1.62. The zero-order valence-electron chi connectivity index (χ0n) is 18.8. The number of unbranched alkanes of at least 4 members (excludes halogenated alkanes) is 1. The number of carbonyl (C=O) groups is 2. The fourth-order valence-corrected chi connectivity index (χ4v) is 6.20. The van der Waals surface area contributed by atoms with Gasteiger partial charge in [-0.15, -0.1) is 11.8 Å². The van der Waals surface area contributed by atoms with Crippen molar-refractivity contribution < 1.29 is 22.7 Å². The minimum Gasteiger partial charge on any atom is -0.379 e. The number of carbonyl (C=O) groups excluding carboxylic acids is 2. The van der Waals surface area contributed by atoms with E-state index >= 15 is 0 Å². The number of nitrogens with one attached hydrogen (secondary N) is 1. The number of amides is 2. The quantitative estimate of drug-likeness (QED) is 0.549. The lowest BCUT2D eigenvalue weighted by atomic mass is 9.99. The van der Waals surface area contributed by atoms with Gasteiger partial charge >= 0.3 is 0 Å². The van der Waals surface area contributed by atoms with Crippen molar-refractivity contribution in [1.29, 1.82) is 0 Å². The zero-order chi connectivity index (χ0) is 23.1. The molecular formula is C22H33N3O5S2. The van der Waals surface area contributed by atoms with E-state index in [0.717, 1.165) is 30.6 Å². The van der Waals surface area contributed by atoms with E-state index in [2.05, 4.69) is 19.2 Å². The standard InChI is InChI=1S/C22H33N3O5S2/c1-3-5-6-17(4-2)14-23-21(26)15-25-19-13-18(7-8-20(19)31-16-22(25)27)32(28,29)24-9-11-30-12-10-24/h7-8,13,17H,3-6,9-12,14-16H2,1-2H3,(H,23,26)/t17-/m0/s1. The van der Waals surface area contributed by atoms with Gasteiger partial charge in [0.1, 0.15) is 6.54 Å². The molecule has 0 unspecified atom stereocenters. The van der Waals surface area contributed by atoms with Crippen LogP contribution in [-0.4, -0.2) is 69.7 Å². The molecule has 10 heteroatoms. The molecule has 2 aliphatic rings. The molecule has 1 aromatic rings. The van der Waals surface area contributed by atoms with Crippen molar-refractivity contribution in [2.45, 2.75) is 49.3 Å². The van der Waals surface area contributed by atoms with Crippen LogP contribution in [-0.2, 0) is 24.3 Å². The summed E-state index contributed by atoms with van der Waals surface area (Å²) in [5, 5.41) is 2.96. The molecular weight excluding hydrogens is 450 g/mol. The molecule has 0 bridgehead atoms. The third kappa shape index (κ3) is 6.03. The molecule has 178 valence electrons. The Kier molecular flexibility index (Phi) is 8.98. The minimum absolute atomic E-state index is 0.113. The number of nitrogens with zero attached hydrogens (tertiary/aromatic N) is 2. The fraction of sp³-hybridized carbons (Fsp3) is 0.636. The summed E-state index contributed by atoms with van der Waals surface area (Å²) in [6, 6.07) is 4.82. The highest BCUT2D eigenvalue weighted by molar-refractivity contribution is 8.00. The molecule has 3 rings (SSSR count). The topological polar surface area (TPSA) is 96.0 Å². The summed E-state index contributed by atoms with van der Waals surface area (Å²) in [6.07, 6.45) is 4.31. The predicted molar refractivity (Wildman–Crippen MR) is 125 cm³/mol. The number of thioether (sulfide) groups is 1. The summed E-state index contributed by atoms with van der Waals surface area (Å²) >= 11 is 1.36. The van der Waals surface area contributed by atoms with Gasteiger partial charge in [0.05, 0.1) is 29.5 Å². The maximum Gasteiger partial charge on any atom is 0.243 e. The van der Waals surface area contributed by atoms with Crippen molar-refractivity contribution in [3.05, 3.63) is 18.2 Å². The van der Waals surface area contributed by atoms with Crippen molar-refractivity contribution >= 4 is 39.3 Å². The van der Waals surface area contributed by atoms with Crippen LogP contribution in [0.15, 0.2) is 28.0 Å². The summed E-state index contributed by atoms with van der Waals surface area (Å²) in [6.45, 7) is 6.07. The molecule has 0 aliphatic carbocycles. The molecule has 32 heavy (non-hydrogen) atoms. The van der Waals surface area contributed by atoms with Crippen LogP contribution in [0, 0.1) is 5.92 Å². The number of morpholine rings is 1. The molecule has 0 radical (unpaired) electrons. The number of rotatable bonds is 10. The Morgan fingerprint density at radius 1 is 1.25 bits per heavy atom. The van der Waals surface area contributed by atoms with Crippen LogP contribution in [0.2, 0.25) is 0 Å². The average Bonchev–Trinajstić information content (AvgIpc) is 2.81. The summed E-state index contributed by atoms with van der Waals surface area (Å²) in [4.78, 5) is 27.6. The van der Waals surface area contributed by atoms with E-state index in [1.54, 1.807) is 12.1 Å². The van der Waals surface area contributed by atoms with Crippen molar-refractivity contribution in [2.24, 2.45) is 5.92 Å². The second-order valence-corrected chi connectivity index (χ2v) is 11.1. The maximum atomic E-state index is 13.1. The zero-order valence-corrected chi connectivity index (χ0v) is 20.5. The highest BCUT2D eigenvalue weighted by Crippen LogP contribution is 2.37. The first-order valence-electron chi connectivity index (χ1n) is 11.3. The normalized spacial score (nSPS) is 18.3. The predicted octanol–water partition coefficient (Wildman–Crippen LogP) is 2.48. The molecule has 8 nitrogen and oxygen atoms in total. The number of benzene rings is 1. The third-order valence-electron chi connectivity index (χ3n) is 5.91. The van der Waals surface area contributed by atoms with Crippen LogP contribution < -0.4 is 10.2 Å². The molecule has 0 saturated carbocycles. The average molecular weight is 484 g/mol. The molecule has 0 aromatic heterocycles. The number of ether oxygens (including phenoxy) is 1. The Balaban J connectivity index is 1.74. The number of fused-ring (bicyclic) bond motifs is 1. The Labute approximate surface area is 195 Å². The molecule has 2 heterocycles. The van der Waals surface area contributed by atoms with Crippen LogP contribution in [0.4, 0.5) is 5.69 Å². The van der Waals surface area contributed by atoms with Gasteiger partial charge in [-0.25, -0.2) is 8.42 Å². The maximum absolute atomic E-state index is 13.1. The Morgan fingerprint density at radius 3 is 2.69 bits per heavy atom. The summed E-state index contributed by atoms with van der Waals surface area (Å²) < 4.78 is 32.8. The Morgan fingerprint density at radius 2 is 2.00 bits per heavy atom. The van der Waals surface area contributed by atoms with Crippen molar-refractivity contribution in [3.63, 3.8) is 0 Å². The van der Waals surface area contributed by atoms with E-state index in [4.69, 9.17) is 4.74 Å². The van der Waals surface area contributed by atoms with Crippen LogP contribution in [0.25, 0.3) is 0 Å². The minimum atomic E-state index is -3.69. The third-order valence-corrected chi connectivity index (χ3v) is 8.86. The van der Waals surface area contributed by atoms with E-state index in [-0.39, 0.29) is 29.0 Å². The van der Waals surface area contributed by atoms with Crippen LogP contribution in [0.3, 0.4) is 0 Å². The van der Waals surface area contributed by atoms with E-state index in [0.29, 0.717) is 44.5 Å². The monoisotopic (exact) mass is 483 g/mol. The van der Waals surface area contributed by atoms with Gasteiger partial charge in [0.25, 0.3) is 0 Å². The molecule has 1 saturated heterocycles. The van der Waals surface area contributed by atoms with Gasteiger partial charge in [0.2, 0.25) is 21.8 Å². The van der Waals surface area contributed by atoms with Crippen LogP contribution in [0.1, 0.15) is 39.5 Å². The van der Waals surface area contributed by atoms with Gasteiger partial charge in [-0.05, 0) is 30.5 Å². The van der Waals surface area contributed by atoms with Crippen molar-refractivity contribution in [3.8, 4) is 0 Å². The summed E-state index contributed by atoms with van der Waals surface area (Å²) in [7, 11) is -3.69. The van der Waals surface area contributed by atoms with Gasteiger partial charge < -0.3 is 15.0 Å². The summed E-state index contributed by atoms with van der Waals surface area (Å²) in [5.74, 6) is 0.220. The molecule has 1 fully saturated rings. The van der Waals surface area contributed by atoms with Gasteiger partial charge in [0.15, 0.2) is 0 Å². The van der Waals surface area contributed by atoms with Crippen molar-refractivity contribution in [2.75, 3.05) is 50.0 Å². The smallest absolute Gasteiger partial charge is 0.243 e. The molecule has 2 amide bonds. The largest absolute Gasteiger partial charge is 0.379 e. The lowest BCUT2D eigenvalue weighted by Crippen LogP contribution is -2.44. The van der Waals surface area contributed by atoms with Gasteiger partial charge in [-0.2, -0.15) is 4.31 Å². The molecule has 1 atom stereocenters. The van der Waals surface area contributed by atoms with E-state index in [1.165, 1.54) is 27.0 Å². The molecule has 0 spiro atoms. The summed E-state index contributed by atoms with van der Waals surface area (Å²) in [5.41, 5.74) is 0.480. The highest BCUT2D eigenvalue weighted by atomic mass is 32.2. The highest BCUT2D eigenvalue weighted by Gasteiger charge is 2.31. The van der Waals surface area contributed by atoms with Crippen molar-refractivity contribution in [1.82, 2.24) is 9.62 Å². The van der Waals surface area contributed by atoms with Gasteiger partial charge in [-0.3, -0.25) is 9.59 Å². The van der Waals surface area contributed by atoms with E-state index in [1.807, 2.05) is 0 Å². The van der Waals surface area contributed by atoms with Crippen LogP contribution in [0.5, 0.6) is 0 Å². The second kappa shape index (κ2) is 11.5. The molecule has 1 N–H and O–H groups in total. The molecule has 1 aromatic carbocycles. The van der Waals surface area contributed by atoms with Gasteiger partial charge in [0, 0.05) is 24.5 Å². The first-order chi connectivity index (χ1) is 15.4. The lowest BCUT2D eigenvalue weighted by Gasteiger charge is -2.30. The number of anilines is 1.